The molecule has 1 aliphatic carbocycles. The number of hydrogen-bond donors (Lipinski definition) is 1. The molecule has 1 aliphatic rings. The number of fused-ring (bicyclic) bond motifs is 6. The molecule has 106 valence electrons. The maximum absolute atomic E-state index is 6.41. The summed E-state index contributed by atoms with van der Waals surface area (Å²) >= 11 is 6.41. The van der Waals surface area contributed by atoms with Crippen molar-refractivity contribution in [3.8, 4) is 11.1 Å². The smallest absolute Gasteiger partial charge is 0.138 e. The molecule has 2 aromatic carbocycles. The van der Waals surface area contributed by atoms with E-state index in [-0.39, 0.29) is 0 Å². The Labute approximate surface area is 132 Å². The fraction of sp³-hybridized carbons (Fsp3) is 0.105. The van der Waals surface area contributed by atoms with Gasteiger partial charge in [0.2, 0.25) is 0 Å². The largest absolute Gasteiger partial charge is 0.339 e. The number of nitrogens with one attached hydrogen (secondary N) is 1. The number of benzene rings is 2. The first kappa shape index (κ1) is 12.2. The second-order valence-electron chi connectivity index (χ2n) is 5.82. The molecule has 3 heteroatoms. The molecule has 2 aromatic heterocycles. The van der Waals surface area contributed by atoms with Crippen LogP contribution >= 0.6 is 11.6 Å². The van der Waals surface area contributed by atoms with Crippen molar-refractivity contribution in [1.82, 2.24) is 9.97 Å². The molecular formula is C19H13ClN2. The van der Waals surface area contributed by atoms with Crippen molar-refractivity contribution in [3.05, 3.63) is 64.8 Å². The number of halogens is 1. The summed E-state index contributed by atoms with van der Waals surface area (Å²) in [5.41, 5.74) is 7.11. The fourth-order valence-corrected chi connectivity index (χ4v) is 3.82. The molecule has 0 fully saturated rings. The molecule has 0 spiro atoms. The minimum atomic E-state index is 0.773. The van der Waals surface area contributed by atoms with Crippen LogP contribution in [0.4, 0.5) is 0 Å². The average molecular weight is 305 g/mol. The maximum Gasteiger partial charge on any atom is 0.138 e. The second kappa shape index (κ2) is 4.34. The van der Waals surface area contributed by atoms with E-state index in [0.717, 1.165) is 39.8 Å². The summed E-state index contributed by atoms with van der Waals surface area (Å²) in [5, 5.41) is 2.95. The number of nitrogens with zero attached hydrogens (tertiary/aromatic N) is 1. The molecule has 0 bridgehead atoms. The van der Waals surface area contributed by atoms with E-state index in [1.807, 2.05) is 12.1 Å². The Kier molecular flexibility index (Phi) is 2.42. The highest BCUT2D eigenvalue weighted by atomic mass is 35.5. The Morgan fingerprint density at radius 2 is 1.86 bits per heavy atom. The van der Waals surface area contributed by atoms with Crippen LogP contribution in [-0.4, -0.2) is 9.97 Å². The summed E-state index contributed by atoms with van der Waals surface area (Å²) < 4.78 is 0. The van der Waals surface area contributed by atoms with Crippen LogP contribution in [0.5, 0.6) is 0 Å². The molecule has 0 saturated carbocycles. The third-order valence-corrected chi connectivity index (χ3v) is 4.89. The molecular weight excluding hydrogens is 292 g/mol. The van der Waals surface area contributed by atoms with E-state index < -0.39 is 0 Å². The van der Waals surface area contributed by atoms with Gasteiger partial charge < -0.3 is 4.98 Å². The summed E-state index contributed by atoms with van der Waals surface area (Å²) in [7, 11) is 0. The number of hydrogen-bond acceptors (Lipinski definition) is 1. The normalized spacial score (nSPS) is 13.3. The molecule has 22 heavy (non-hydrogen) atoms. The molecule has 0 saturated heterocycles. The first-order chi connectivity index (χ1) is 10.8. The van der Waals surface area contributed by atoms with Crippen LogP contribution in [0, 0.1) is 0 Å². The van der Waals surface area contributed by atoms with Gasteiger partial charge >= 0.3 is 0 Å². The standard InChI is InChI=1S/C19H13ClN2/c20-15-6-3-7-17-18(15)14-10-13-12-5-2-1-4-11(12)8-9-16(13)21-19(14)22-17/h1-7,10H,8-9H2,(H,21,22). The third-order valence-electron chi connectivity index (χ3n) is 4.58. The van der Waals surface area contributed by atoms with Crippen LogP contribution in [0.15, 0.2) is 48.5 Å². The number of aromatic amines is 1. The number of H-pyrrole nitrogens is 1. The molecule has 4 aromatic rings. The van der Waals surface area contributed by atoms with Crippen LogP contribution in [0.25, 0.3) is 33.1 Å². The van der Waals surface area contributed by atoms with Crippen molar-refractivity contribution in [2.45, 2.75) is 12.8 Å². The maximum atomic E-state index is 6.41. The van der Waals surface area contributed by atoms with Crippen LogP contribution < -0.4 is 0 Å². The summed E-state index contributed by atoms with van der Waals surface area (Å²) in [6.45, 7) is 0. The van der Waals surface area contributed by atoms with Gasteiger partial charge in [-0.3, -0.25) is 0 Å². The summed E-state index contributed by atoms with van der Waals surface area (Å²) in [6, 6.07) is 16.8. The third kappa shape index (κ3) is 1.59. The molecule has 0 amide bonds. The molecule has 0 radical (unpaired) electrons. The van der Waals surface area contributed by atoms with Crippen LogP contribution in [0.1, 0.15) is 11.3 Å². The van der Waals surface area contributed by atoms with Crippen molar-refractivity contribution in [1.29, 1.82) is 0 Å². The summed E-state index contributed by atoms with van der Waals surface area (Å²) in [5.74, 6) is 0. The summed E-state index contributed by atoms with van der Waals surface area (Å²) in [6.07, 6.45) is 2.05. The number of pyridine rings is 1. The molecule has 5 rings (SSSR count). The highest BCUT2D eigenvalue weighted by Crippen LogP contribution is 2.38. The van der Waals surface area contributed by atoms with Gasteiger partial charge in [0.1, 0.15) is 5.65 Å². The van der Waals surface area contributed by atoms with Crippen molar-refractivity contribution in [3.63, 3.8) is 0 Å². The van der Waals surface area contributed by atoms with Crippen molar-refractivity contribution < 1.29 is 0 Å². The van der Waals surface area contributed by atoms with Crippen molar-refractivity contribution in [2.75, 3.05) is 0 Å². The Balaban J connectivity index is 1.92. The lowest BCUT2D eigenvalue weighted by Gasteiger charge is -2.18. The van der Waals surface area contributed by atoms with Gasteiger partial charge in [-0.1, -0.05) is 41.9 Å². The van der Waals surface area contributed by atoms with Crippen molar-refractivity contribution in [2.24, 2.45) is 0 Å². The molecule has 1 N–H and O–H groups in total. The zero-order valence-electron chi connectivity index (χ0n) is 11.9. The number of aryl methyl sites for hydroxylation is 2. The van der Waals surface area contributed by atoms with Gasteiger partial charge in [-0.25, -0.2) is 4.98 Å². The van der Waals surface area contributed by atoms with Gasteiger partial charge in [-0.2, -0.15) is 0 Å². The van der Waals surface area contributed by atoms with Gasteiger partial charge in [-0.15, -0.1) is 0 Å². The van der Waals surface area contributed by atoms with Gasteiger partial charge in [0.25, 0.3) is 0 Å². The molecule has 2 nitrogen and oxygen atoms in total. The van der Waals surface area contributed by atoms with E-state index in [2.05, 4.69) is 41.4 Å². The summed E-state index contributed by atoms with van der Waals surface area (Å²) in [4.78, 5) is 8.28. The second-order valence-corrected chi connectivity index (χ2v) is 6.23. The number of rotatable bonds is 0. The van der Waals surface area contributed by atoms with E-state index in [9.17, 15) is 0 Å². The van der Waals surface area contributed by atoms with Crippen LogP contribution in [0.2, 0.25) is 5.02 Å². The van der Waals surface area contributed by atoms with E-state index in [1.165, 1.54) is 22.4 Å². The average Bonchev–Trinajstić information content (AvgIpc) is 2.91. The minimum absolute atomic E-state index is 0.773. The lowest BCUT2D eigenvalue weighted by Crippen LogP contribution is -2.05. The van der Waals surface area contributed by atoms with Gasteiger partial charge in [0.15, 0.2) is 0 Å². The van der Waals surface area contributed by atoms with Crippen LogP contribution in [-0.2, 0) is 12.8 Å². The predicted octanol–water partition coefficient (Wildman–Crippen LogP) is 5.14. The Bertz CT molecular complexity index is 1050. The van der Waals surface area contributed by atoms with Crippen LogP contribution in [0.3, 0.4) is 0 Å². The Morgan fingerprint density at radius 3 is 2.82 bits per heavy atom. The fourth-order valence-electron chi connectivity index (χ4n) is 3.54. The molecule has 0 aliphatic heterocycles. The zero-order chi connectivity index (χ0) is 14.7. The minimum Gasteiger partial charge on any atom is -0.339 e. The monoisotopic (exact) mass is 304 g/mol. The van der Waals surface area contributed by atoms with E-state index in [0.29, 0.717) is 0 Å². The van der Waals surface area contributed by atoms with E-state index in [4.69, 9.17) is 16.6 Å². The Morgan fingerprint density at radius 1 is 0.955 bits per heavy atom. The van der Waals surface area contributed by atoms with Gasteiger partial charge in [0.05, 0.1) is 10.7 Å². The number of aromatic nitrogens is 2. The van der Waals surface area contributed by atoms with Gasteiger partial charge in [-0.05, 0) is 42.2 Å². The van der Waals surface area contributed by atoms with E-state index in [1.54, 1.807) is 0 Å². The lowest BCUT2D eigenvalue weighted by atomic mass is 9.88. The van der Waals surface area contributed by atoms with Gasteiger partial charge in [0, 0.05) is 21.9 Å². The highest BCUT2D eigenvalue weighted by molar-refractivity contribution is 6.37. The highest BCUT2D eigenvalue weighted by Gasteiger charge is 2.19. The molecule has 2 heterocycles. The predicted molar refractivity (Wildman–Crippen MR) is 91.5 cm³/mol. The van der Waals surface area contributed by atoms with E-state index >= 15 is 0 Å². The van der Waals surface area contributed by atoms with Crippen molar-refractivity contribution >= 4 is 33.5 Å². The molecule has 0 unspecified atom stereocenters. The first-order valence-electron chi connectivity index (χ1n) is 7.49. The topological polar surface area (TPSA) is 28.7 Å². The SMILES string of the molecule is Clc1cccc2[nH]c3nc4c(cc3c12)-c1ccccc1CC4. The Hall–Kier alpha value is -2.32. The lowest BCUT2D eigenvalue weighted by molar-refractivity contribution is 0.903. The quantitative estimate of drug-likeness (QED) is 0.479. The zero-order valence-corrected chi connectivity index (χ0v) is 12.6. The molecule has 0 atom stereocenters. The first-order valence-corrected chi connectivity index (χ1v) is 7.87.